The van der Waals surface area contributed by atoms with E-state index >= 15 is 0 Å². The van der Waals surface area contributed by atoms with Crippen LogP contribution < -0.4 is 5.32 Å². The Hall–Kier alpha value is -3.42. The van der Waals surface area contributed by atoms with Crippen LogP contribution in [0.4, 0.5) is 0 Å². The van der Waals surface area contributed by atoms with Gasteiger partial charge in [0.05, 0.1) is 4.90 Å². The molecule has 0 bridgehead atoms. The number of nitrogens with zero attached hydrogens (tertiary/aromatic N) is 2. The molecule has 0 saturated carbocycles. The summed E-state index contributed by atoms with van der Waals surface area (Å²) in [7, 11) is -0.568. The average molecular weight is 476 g/mol. The lowest BCUT2D eigenvalue weighted by atomic mass is 10.1. The molecule has 7 heteroatoms. The van der Waals surface area contributed by atoms with E-state index < -0.39 is 10.0 Å². The van der Waals surface area contributed by atoms with Crippen LogP contribution in [0.15, 0.2) is 83.8 Å². The zero-order valence-electron chi connectivity index (χ0n) is 19.7. The summed E-state index contributed by atoms with van der Waals surface area (Å²) in [6, 6.07) is 24.8. The first-order chi connectivity index (χ1) is 16.3. The highest BCUT2D eigenvalue weighted by Crippen LogP contribution is 2.26. The van der Waals surface area contributed by atoms with E-state index in [1.54, 1.807) is 24.3 Å². The van der Waals surface area contributed by atoms with Gasteiger partial charge in [-0.05, 0) is 47.4 Å². The third kappa shape index (κ3) is 4.90. The Bertz CT molecular complexity index is 1410. The standard InChI is InChI=1S/C27H29N3O3S/c1-4-20-10-12-21(13-11-20)18-28-27(31)26-17-23-16-24(34(32,33)29(2)3)14-15-25(23)30(26)19-22-8-6-5-7-9-22/h5-17H,4,18-19H2,1-3H3,(H,28,31). The van der Waals surface area contributed by atoms with Crippen molar-refractivity contribution in [1.82, 2.24) is 14.2 Å². The number of fused-ring (bicyclic) bond motifs is 1. The largest absolute Gasteiger partial charge is 0.347 e. The zero-order valence-corrected chi connectivity index (χ0v) is 20.5. The topological polar surface area (TPSA) is 71.4 Å². The van der Waals surface area contributed by atoms with E-state index in [0.29, 0.717) is 24.2 Å². The van der Waals surface area contributed by atoms with Gasteiger partial charge in [-0.25, -0.2) is 12.7 Å². The van der Waals surface area contributed by atoms with E-state index in [1.165, 1.54) is 24.0 Å². The van der Waals surface area contributed by atoms with Crippen LogP contribution in [-0.2, 0) is 29.5 Å². The fraction of sp³-hybridized carbons (Fsp3) is 0.222. The van der Waals surface area contributed by atoms with E-state index in [1.807, 2.05) is 47.0 Å². The van der Waals surface area contributed by atoms with Crippen molar-refractivity contribution in [3.8, 4) is 0 Å². The van der Waals surface area contributed by atoms with Crippen LogP contribution >= 0.6 is 0 Å². The van der Waals surface area contributed by atoms with E-state index in [0.717, 1.165) is 23.1 Å². The van der Waals surface area contributed by atoms with Gasteiger partial charge in [0.2, 0.25) is 10.0 Å². The Morgan fingerprint density at radius 1 is 0.882 bits per heavy atom. The molecule has 0 aliphatic carbocycles. The first-order valence-electron chi connectivity index (χ1n) is 11.3. The molecule has 0 radical (unpaired) electrons. The summed E-state index contributed by atoms with van der Waals surface area (Å²) in [4.78, 5) is 13.5. The molecule has 0 spiro atoms. The molecule has 176 valence electrons. The highest BCUT2D eigenvalue weighted by molar-refractivity contribution is 7.89. The summed E-state index contributed by atoms with van der Waals surface area (Å²) in [5.74, 6) is -0.205. The van der Waals surface area contributed by atoms with Crippen molar-refractivity contribution in [2.24, 2.45) is 0 Å². The smallest absolute Gasteiger partial charge is 0.268 e. The minimum atomic E-state index is -3.58. The molecule has 1 amide bonds. The molecule has 0 aliphatic rings. The van der Waals surface area contributed by atoms with Gasteiger partial charge in [-0.1, -0.05) is 61.5 Å². The molecule has 4 aromatic rings. The number of hydrogen-bond acceptors (Lipinski definition) is 3. The molecule has 3 aromatic carbocycles. The number of aryl methyl sites for hydroxylation is 1. The Kier molecular flexibility index (Phi) is 6.86. The van der Waals surface area contributed by atoms with E-state index in [-0.39, 0.29) is 10.8 Å². The summed E-state index contributed by atoms with van der Waals surface area (Å²) in [6.07, 6.45) is 0.970. The molecule has 34 heavy (non-hydrogen) atoms. The second kappa shape index (κ2) is 9.83. The van der Waals surface area contributed by atoms with Crippen molar-refractivity contribution in [2.45, 2.75) is 31.3 Å². The van der Waals surface area contributed by atoms with Crippen LogP contribution in [0.3, 0.4) is 0 Å². The lowest BCUT2D eigenvalue weighted by Gasteiger charge is -2.13. The average Bonchev–Trinajstić information content (AvgIpc) is 3.21. The normalized spacial score (nSPS) is 11.8. The van der Waals surface area contributed by atoms with Crippen molar-refractivity contribution >= 4 is 26.8 Å². The molecule has 0 unspecified atom stereocenters. The maximum absolute atomic E-state index is 13.3. The Morgan fingerprint density at radius 2 is 1.56 bits per heavy atom. The summed E-state index contributed by atoms with van der Waals surface area (Å²) in [5.41, 5.74) is 4.62. The zero-order chi connectivity index (χ0) is 24.3. The number of amides is 1. The minimum Gasteiger partial charge on any atom is -0.347 e. The predicted molar refractivity (Wildman–Crippen MR) is 135 cm³/mol. The van der Waals surface area contributed by atoms with E-state index in [9.17, 15) is 13.2 Å². The number of hydrogen-bond donors (Lipinski definition) is 1. The SMILES string of the molecule is CCc1ccc(CNC(=O)c2cc3cc(S(=O)(=O)N(C)C)ccc3n2Cc2ccccc2)cc1. The Labute approximate surface area is 200 Å². The van der Waals surface area contributed by atoms with Crippen LogP contribution in [0.2, 0.25) is 0 Å². The second-order valence-corrected chi connectivity index (χ2v) is 10.6. The molecule has 1 aromatic heterocycles. The molecule has 0 saturated heterocycles. The first kappa shape index (κ1) is 23.7. The fourth-order valence-electron chi connectivity index (χ4n) is 3.91. The molecule has 0 fully saturated rings. The molecule has 1 heterocycles. The molecule has 0 atom stereocenters. The quantitative estimate of drug-likeness (QED) is 0.410. The lowest BCUT2D eigenvalue weighted by Crippen LogP contribution is -2.25. The van der Waals surface area contributed by atoms with Crippen LogP contribution in [-0.4, -0.2) is 37.3 Å². The van der Waals surface area contributed by atoms with Gasteiger partial charge < -0.3 is 9.88 Å². The van der Waals surface area contributed by atoms with E-state index in [4.69, 9.17) is 0 Å². The van der Waals surface area contributed by atoms with Crippen LogP contribution in [0.5, 0.6) is 0 Å². The maximum atomic E-state index is 13.3. The fourth-order valence-corrected chi connectivity index (χ4v) is 4.85. The number of sulfonamides is 1. The molecular weight excluding hydrogens is 446 g/mol. The highest BCUT2D eigenvalue weighted by Gasteiger charge is 2.21. The maximum Gasteiger partial charge on any atom is 0.268 e. The Balaban J connectivity index is 1.70. The number of rotatable bonds is 8. The van der Waals surface area contributed by atoms with Crippen molar-refractivity contribution in [2.75, 3.05) is 14.1 Å². The molecule has 0 aliphatic heterocycles. The Morgan fingerprint density at radius 3 is 2.21 bits per heavy atom. The van der Waals surface area contributed by atoms with Crippen molar-refractivity contribution in [3.63, 3.8) is 0 Å². The van der Waals surface area contributed by atoms with Gasteiger partial charge in [0, 0.05) is 38.1 Å². The summed E-state index contributed by atoms with van der Waals surface area (Å²) in [5, 5.41) is 3.72. The van der Waals surface area contributed by atoms with E-state index in [2.05, 4.69) is 24.4 Å². The summed E-state index contributed by atoms with van der Waals surface area (Å²) in [6.45, 7) is 3.02. The third-order valence-electron chi connectivity index (χ3n) is 5.95. The lowest BCUT2D eigenvalue weighted by molar-refractivity contribution is 0.0942. The van der Waals surface area contributed by atoms with Crippen molar-refractivity contribution < 1.29 is 13.2 Å². The molecule has 6 nitrogen and oxygen atoms in total. The van der Waals surface area contributed by atoms with Gasteiger partial charge in [0.1, 0.15) is 5.69 Å². The van der Waals surface area contributed by atoms with Crippen molar-refractivity contribution in [1.29, 1.82) is 0 Å². The predicted octanol–water partition coefficient (Wildman–Crippen LogP) is 4.43. The molecule has 1 N–H and O–H groups in total. The van der Waals surface area contributed by atoms with Crippen LogP contribution in [0, 0.1) is 0 Å². The van der Waals surface area contributed by atoms with Crippen molar-refractivity contribution in [3.05, 3.63) is 101 Å². The number of carbonyl (C=O) groups excluding carboxylic acids is 1. The minimum absolute atomic E-state index is 0.199. The van der Waals surface area contributed by atoms with Crippen LogP contribution in [0.1, 0.15) is 34.1 Å². The third-order valence-corrected chi connectivity index (χ3v) is 7.76. The number of carbonyl (C=O) groups is 1. The van der Waals surface area contributed by atoms with Gasteiger partial charge in [0.25, 0.3) is 5.91 Å². The number of benzene rings is 3. The summed E-state index contributed by atoms with van der Waals surface area (Å²) >= 11 is 0. The number of aromatic nitrogens is 1. The first-order valence-corrected chi connectivity index (χ1v) is 12.7. The van der Waals surface area contributed by atoms with Gasteiger partial charge in [-0.15, -0.1) is 0 Å². The van der Waals surface area contributed by atoms with Crippen LogP contribution in [0.25, 0.3) is 10.9 Å². The monoisotopic (exact) mass is 475 g/mol. The van der Waals surface area contributed by atoms with Gasteiger partial charge >= 0.3 is 0 Å². The second-order valence-electron chi connectivity index (χ2n) is 8.46. The number of nitrogens with one attached hydrogen (secondary N) is 1. The molecule has 4 rings (SSSR count). The summed E-state index contributed by atoms with van der Waals surface area (Å²) < 4.78 is 28.4. The molecular formula is C27H29N3O3S. The van der Waals surface area contributed by atoms with Gasteiger partial charge in [-0.2, -0.15) is 0 Å². The van der Waals surface area contributed by atoms with Gasteiger partial charge in [0.15, 0.2) is 0 Å². The highest BCUT2D eigenvalue weighted by atomic mass is 32.2. The van der Waals surface area contributed by atoms with Gasteiger partial charge in [-0.3, -0.25) is 4.79 Å².